The predicted octanol–water partition coefficient (Wildman–Crippen LogP) is 3.47. The van der Waals surface area contributed by atoms with Gasteiger partial charge in [0.05, 0.1) is 18.4 Å². The molecule has 2 amide bonds. The van der Waals surface area contributed by atoms with Crippen LogP contribution < -0.4 is 10.2 Å². The Morgan fingerprint density at radius 3 is 2.37 bits per heavy atom. The Kier molecular flexibility index (Phi) is 5.28. The van der Waals surface area contributed by atoms with Crippen LogP contribution in [-0.4, -0.2) is 24.9 Å². The second-order valence-electron chi connectivity index (χ2n) is 5.81. The molecule has 6 nitrogen and oxygen atoms in total. The number of rotatable bonds is 5. The first kappa shape index (κ1) is 18.7. The van der Waals surface area contributed by atoms with Crippen LogP contribution in [0.5, 0.6) is 0 Å². The number of para-hydroxylation sites is 1. The minimum atomic E-state index is -0.573. The van der Waals surface area contributed by atoms with Crippen molar-refractivity contribution < 1.29 is 19.1 Å². The Morgan fingerprint density at radius 2 is 1.74 bits per heavy atom. The lowest BCUT2D eigenvalue weighted by Crippen LogP contribution is -2.33. The Labute approximate surface area is 161 Å². The number of aryl methyl sites for hydroxylation is 1. The lowest BCUT2D eigenvalue weighted by Gasteiger charge is -2.18. The molecule has 1 aliphatic rings. The zero-order valence-corrected chi connectivity index (χ0v) is 15.5. The number of carbonyl (C=O) groups is 3. The fraction of sp³-hybridized carbons (Fsp3) is 0.150. The molecule has 0 saturated carbocycles. The Bertz CT molecular complexity index is 951. The van der Waals surface area contributed by atoms with Gasteiger partial charge in [0.1, 0.15) is 10.7 Å². The molecule has 0 fully saturated rings. The molecular weight excluding hydrogens is 368 g/mol. The topological polar surface area (TPSA) is 75.7 Å². The molecule has 0 spiro atoms. The van der Waals surface area contributed by atoms with Crippen LogP contribution >= 0.6 is 11.6 Å². The third kappa shape index (κ3) is 3.44. The van der Waals surface area contributed by atoms with Crippen LogP contribution in [0.25, 0.3) is 0 Å². The number of nitrogens with zero attached hydrogens (tertiary/aromatic N) is 1. The van der Waals surface area contributed by atoms with E-state index >= 15 is 0 Å². The summed E-state index contributed by atoms with van der Waals surface area (Å²) in [5.74, 6) is -1.56. The highest BCUT2D eigenvalue weighted by atomic mass is 35.5. The van der Waals surface area contributed by atoms with E-state index in [0.717, 1.165) is 10.5 Å². The highest BCUT2D eigenvalue weighted by molar-refractivity contribution is 6.53. The van der Waals surface area contributed by atoms with Crippen LogP contribution in [0, 0.1) is 0 Å². The van der Waals surface area contributed by atoms with Gasteiger partial charge < -0.3 is 10.1 Å². The van der Waals surface area contributed by atoms with Crippen molar-refractivity contribution in [2.24, 2.45) is 0 Å². The minimum Gasteiger partial charge on any atom is -0.465 e. The Balaban J connectivity index is 1.87. The van der Waals surface area contributed by atoms with Gasteiger partial charge in [-0.2, -0.15) is 0 Å². The third-order valence-corrected chi connectivity index (χ3v) is 4.57. The number of methoxy groups -OCH3 is 1. The van der Waals surface area contributed by atoms with E-state index in [4.69, 9.17) is 11.6 Å². The average molecular weight is 385 g/mol. The second kappa shape index (κ2) is 7.63. The minimum absolute atomic E-state index is 0.00149. The molecule has 27 heavy (non-hydrogen) atoms. The monoisotopic (exact) mass is 384 g/mol. The Morgan fingerprint density at radius 1 is 1.07 bits per heavy atom. The molecule has 0 aliphatic carbocycles. The van der Waals surface area contributed by atoms with E-state index in [1.807, 2.05) is 19.1 Å². The molecule has 0 radical (unpaired) electrons. The van der Waals surface area contributed by atoms with Gasteiger partial charge in [0, 0.05) is 5.69 Å². The van der Waals surface area contributed by atoms with E-state index in [1.54, 1.807) is 36.4 Å². The number of ether oxygens (including phenoxy) is 1. The van der Waals surface area contributed by atoms with Crippen molar-refractivity contribution in [2.75, 3.05) is 17.3 Å². The first-order chi connectivity index (χ1) is 13.0. The number of benzene rings is 2. The predicted molar refractivity (Wildman–Crippen MR) is 103 cm³/mol. The van der Waals surface area contributed by atoms with Crippen molar-refractivity contribution in [2.45, 2.75) is 13.3 Å². The number of halogens is 1. The van der Waals surface area contributed by atoms with Crippen LogP contribution in [0.3, 0.4) is 0 Å². The van der Waals surface area contributed by atoms with Gasteiger partial charge in [-0.25, -0.2) is 9.69 Å². The van der Waals surface area contributed by atoms with Gasteiger partial charge in [-0.1, -0.05) is 36.7 Å². The molecule has 2 aromatic carbocycles. The average Bonchev–Trinajstić information content (AvgIpc) is 2.91. The van der Waals surface area contributed by atoms with Crippen LogP contribution in [-0.2, 0) is 20.7 Å². The highest BCUT2D eigenvalue weighted by Gasteiger charge is 2.39. The standard InChI is InChI=1S/C20H17ClN2O4/c1-3-12-6-4-5-7-15(12)23-18(24)16(21)17(19(23)25)22-14-10-8-13(9-11-14)20(26)27-2/h4-11,22H,3H2,1-2H3. The van der Waals surface area contributed by atoms with Crippen LogP contribution in [0.1, 0.15) is 22.8 Å². The van der Waals surface area contributed by atoms with Crippen molar-refractivity contribution in [3.8, 4) is 0 Å². The summed E-state index contributed by atoms with van der Waals surface area (Å²) in [5.41, 5.74) is 2.27. The van der Waals surface area contributed by atoms with Crippen molar-refractivity contribution >= 4 is 40.8 Å². The summed E-state index contributed by atoms with van der Waals surface area (Å²) in [6.45, 7) is 1.95. The summed E-state index contributed by atoms with van der Waals surface area (Å²) in [7, 11) is 1.30. The normalized spacial score (nSPS) is 14.0. The number of hydrogen-bond donors (Lipinski definition) is 1. The number of anilines is 2. The van der Waals surface area contributed by atoms with E-state index in [2.05, 4.69) is 10.1 Å². The summed E-state index contributed by atoms with van der Waals surface area (Å²) in [6.07, 6.45) is 0.669. The first-order valence-corrected chi connectivity index (χ1v) is 8.67. The number of nitrogens with one attached hydrogen (secondary N) is 1. The highest BCUT2D eigenvalue weighted by Crippen LogP contribution is 2.32. The molecule has 1 aliphatic heterocycles. The van der Waals surface area contributed by atoms with Crippen molar-refractivity contribution in [1.82, 2.24) is 0 Å². The van der Waals surface area contributed by atoms with E-state index in [9.17, 15) is 14.4 Å². The van der Waals surface area contributed by atoms with Crippen LogP contribution in [0.15, 0.2) is 59.3 Å². The largest absolute Gasteiger partial charge is 0.465 e. The fourth-order valence-electron chi connectivity index (χ4n) is 2.81. The molecule has 0 atom stereocenters. The van der Waals surface area contributed by atoms with E-state index in [-0.39, 0.29) is 10.7 Å². The SMILES string of the molecule is CCc1ccccc1N1C(=O)C(Cl)=C(Nc2ccc(C(=O)OC)cc2)C1=O. The van der Waals surface area contributed by atoms with Gasteiger partial charge in [0.25, 0.3) is 11.8 Å². The number of hydrogen-bond acceptors (Lipinski definition) is 5. The summed E-state index contributed by atoms with van der Waals surface area (Å²) in [5, 5.41) is 2.70. The van der Waals surface area contributed by atoms with Gasteiger partial charge in [-0.3, -0.25) is 9.59 Å². The third-order valence-electron chi connectivity index (χ3n) is 4.22. The quantitative estimate of drug-likeness (QED) is 0.631. The van der Waals surface area contributed by atoms with Crippen LogP contribution in [0.4, 0.5) is 11.4 Å². The molecule has 0 aromatic heterocycles. The second-order valence-corrected chi connectivity index (χ2v) is 6.19. The molecule has 7 heteroatoms. The molecule has 0 bridgehead atoms. The van der Waals surface area contributed by atoms with Gasteiger partial charge >= 0.3 is 5.97 Å². The van der Waals surface area contributed by atoms with Gasteiger partial charge in [0.15, 0.2) is 0 Å². The molecule has 1 N–H and O–H groups in total. The van der Waals surface area contributed by atoms with Crippen molar-refractivity contribution in [1.29, 1.82) is 0 Å². The van der Waals surface area contributed by atoms with E-state index in [1.165, 1.54) is 7.11 Å². The summed E-state index contributed by atoms with van der Waals surface area (Å²) in [4.78, 5) is 38.0. The molecule has 1 heterocycles. The van der Waals surface area contributed by atoms with Gasteiger partial charge in [0.2, 0.25) is 0 Å². The molecule has 3 rings (SSSR count). The number of amides is 2. The van der Waals surface area contributed by atoms with Crippen molar-refractivity contribution in [3.63, 3.8) is 0 Å². The zero-order valence-electron chi connectivity index (χ0n) is 14.8. The maximum absolute atomic E-state index is 12.8. The Hall–Kier alpha value is -3.12. The molecular formula is C20H17ClN2O4. The van der Waals surface area contributed by atoms with E-state index < -0.39 is 17.8 Å². The lowest BCUT2D eigenvalue weighted by molar-refractivity contribution is -0.120. The summed E-state index contributed by atoms with van der Waals surface area (Å²) >= 11 is 6.15. The summed E-state index contributed by atoms with van der Waals surface area (Å²) in [6, 6.07) is 13.5. The van der Waals surface area contributed by atoms with Gasteiger partial charge in [-0.05, 0) is 42.3 Å². The molecule has 2 aromatic rings. The van der Waals surface area contributed by atoms with Crippen molar-refractivity contribution in [3.05, 3.63) is 70.4 Å². The van der Waals surface area contributed by atoms with Crippen LogP contribution in [0.2, 0.25) is 0 Å². The maximum Gasteiger partial charge on any atom is 0.337 e. The number of imide groups is 1. The molecule has 0 unspecified atom stereocenters. The smallest absolute Gasteiger partial charge is 0.337 e. The number of esters is 1. The summed E-state index contributed by atoms with van der Waals surface area (Å²) < 4.78 is 4.65. The van der Waals surface area contributed by atoms with E-state index in [0.29, 0.717) is 23.4 Å². The molecule has 138 valence electrons. The lowest BCUT2D eigenvalue weighted by atomic mass is 10.1. The van der Waals surface area contributed by atoms with Gasteiger partial charge in [-0.15, -0.1) is 0 Å². The molecule has 0 saturated heterocycles. The maximum atomic E-state index is 12.8. The fourth-order valence-corrected chi connectivity index (χ4v) is 3.02. The zero-order chi connectivity index (χ0) is 19.6. The first-order valence-electron chi connectivity index (χ1n) is 8.29. The number of carbonyl (C=O) groups excluding carboxylic acids is 3.